The van der Waals surface area contributed by atoms with Crippen LogP contribution in [0.3, 0.4) is 0 Å². The normalized spacial score (nSPS) is 16.4. The maximum atomic E-state index is 12.2. The third-order valence-corrected chi connectivity index (χ3v) is 2.93. The summed E-state index contributed by atoms with van der Waals surface area (Å²) in [5.74, 6) is -0.535. The molecule has 0 fully saturated rings. The van der Waals surface area contributed by atoms with Gasteiger partial charge in [-0.3, -0.25) is 9.59 Å². The molecule has 0 N–H and O–H groups in total. The third kappa shape index (κ3) is 2.63. The van der Waals surface area contributed by atoms with Crippen molar-refractivity contribution >= 4 is 11.6 Å². The lowest BCUT2D eigenvalue weighted by Crippen LogP contribution is -2.25. The average Bonchev–Trinajstić information content (AvgIpc) is 2.37. The molecule has 18 heavy (non-hydrogen) atoms. The molecule has 0 aliphatic heterocycles. The molecule has 0 spiro atoms. The summed E-state index contributed by atoms with van der Waals surface area (Å²) in [6.45, 7) is 5.28. The summed E-state index contributed by atoms with van der Waals surface area (Å²) < 4.78 is 9.95. The number of carbonyl (C=O) groups is 2. The summed E-state index contributed by atoms with van der Waals surface area (Å²) in [6, 6.07) is 0. The van der Waals surface area contributed by atoms with Gasteiger partial charge in [-0.05, 0) is 39.5 Å². The molecule has 1 aliphatic carbocycles. The molecule has 1 aliphatic rings. The number of ether oxygens (including phenoxy) is 2. The second-order valence-corrected chi connectivity index (χ2v) is 4.01. The maximum absolute atomic E-state index is 12.2. The van der Waals surface area contributed by atoms with Crippen molar-refractivity contribution in [2.45, 2.75) is 26.2 Å². The van der Waals surface area contributed by atoms with E-state index in [-0.39, 0.29) is 23.1 Å². The maximum Gasteiger partial charge on any atom is 0.228 e. The van der Waals surface area contributed by atoms with E-state index in [9.17, 15) is 9.59 Å². The fraction of sp³-hybridized carbons (Fsp3) is 0.429. The summed E-state index contributed by atoms with van der Waals surface area (Å²) in [5.41, 5.74) is 0.959. The van der Waals surface area contributed by atoms with Crippen molar-refractivity contribution in [3.8, 4) is 0 Å². The van der Waals surface area contributed by atoms with Gasteiger partial charge in [-0.25, -0.2) is 0 Å². The number of methoxy groups -OCH3 is 2. The second-order valence-electron chi connectivity index (χ2n) is 4.01. The van der Waals surface area contributed by atoms with Crippen LogP contribution in [0.1, 0.15) is 26.2 Å². The second kappa shape index (κ2) is 6.38. The van der Waals surface area contributed by atoms with Crippen LogP contribution in [0.4, 0.5) is 0 Å². The lowest BCUT2D eigenvalue weighted by Gasteiger charge is -2.20. The zero-order valence-electron chi connectivity index (χ0n) is 11.0. The van der Waals surface area contributed by atoms with Crippen molar-refractivity contribution in [3.63, 3.8) is 0 Å². The van der Waals surface area contributed by atoms with E-state index in [0.29, 0.717) is 17.6 Å². The van der Waals surface area contributed by atoms with Gasteiger partial charge in [-0.2, -0.15) is 0 Å². The first-order valence-electron chi connectivity index (χ1n) is 5.80. The van der Waals surface area contributed by atoms with Crippen LogP contribution >= 0.6 is 0 Å². The molecule has 0 aromatic carbocycles. The van der Waals surface area contributed by atoms with Gasteiger partial charge in [0.25, 0.3) is 0 Å². The fourth-order valence-corrected chi connectivity index (χ4v) is 1.92. The van der Waals surface area contributed by atoms with Gasteiger partial charge in [0.15, 0.2) is 0 Å². The predicted octanol–water partition coefficient (Wildman–Crippen LogP) is 2.17. The Bertz CT molecular complexity index is 416. The number of carbonyl (C=O) groups excluding carboxylic acids is 2. The number of allylic oxidation sites excluding steroid dienone is 2. The van der Waals surface area contributed by atoms with Gasteiger partial charge in [0.2, 0.25) is 23.1 Å². The largest absolute Gasteiger partial charge is 0.489 e. The van der Waals surface area contributed by atoms with Crippen LogP contribution in [0.5, 0.6) is 0 Å². The minimum Gasteiger partial charge on any atom is -0.489 e. The first-order valence-corrected chi connectivity index (χ1v) is 5.80. The van der Waals surface area contributed by atoms with Gasteiger partial charge in [-0.1, -0.05) is 0 Å². The van der Waals surface area contributed by atoms with Crippen LogP contribution in [-0.2, 0) is 19.1 Å². The highest BCUT2D eigenvalue weighted by atomic mass is 16.5. The molecule has 0 bridgehead atoms. The van der Waals surface area contributed by atoms with Crippen LogP contribution in [0, 0.1) is 13.3 Å². The molecule has 0 amide bonds. The summed E-state index contributed by atoms with van der Waals surface area (Å²) in [5, 5.41) is 0. The molecule has 4 heteroatoms. The van der Waals surface area contributed by atoms with Crippen LogP contribution in [0.2, 0.25) is 0 Å². The summed E-state index contributed by atoms with van der Waals surface area (Å²) in [7, 11) is 2.72. The lowest BCUT2D eigenvalue weighted by molar-refractivity contribution is -0.121. The van der Waals surface area contributed by atoms with Crippen molar-refractivity contribution in [1.29, 1.82) is 0 Å². The average molecular weight is 250 g/mol. The van der Waals surface area contributed by atoms with E-state index in [4.69, 9.17) is 9.47 Å². The molecule has 0 heterocycles. The number of unbranched alkanes of at least 4 members (excludes halogenated alkanes) is 2. The monoisotopic (exact) mass is 250 g/mol. The van der Waals surface area contributed by atoms with E-state index in [1.807, 2.05) is 0 Å². The fourth-order valence-electron chi connectivity index (χ4n) is 1.92. The Kier molecular flexibility index (Phi) is 5.13. The van der Waals surface area contributed by atoms with Crippen molar-refractivity contribution in [2.75, 3.05) is 14.2 Å². The number of rotatable bonds is 6. The number of Topliss-reactive ketones (excluding diaryl/α,β-unsaturated/α-hetero) is 2. The Morgan fingerprint density at radius 3 is 2.17 bits per heavy atom. The highest BCUT2D eigenvalue weighted by molar-refractivity contribution is 6.23. The molecule has 98 valence electrons. The van der Waals surface area contributed by atoms with E-state index >= 15 is 0 Å². The molecule has 2 radical (unpaired) electrons. The Morgan fingerprint density at radius 2 is 1.67 bits per heavy atom. The van der Waals surface area contributed by atoms with Crippen molar-refractivity contribution in [1.82, 2.24) is 0 Å². The molecular formula is C14H18O4. The molecule has 0 saturated carbocycles. The summed E-state index contributed by atoms with van der Waals surface area (Å²) in [4.78, 5) is 24.2. The van der Waals surface area contributed by atoms with Crippen LogP contribution < -0.4 is 0 Å². The van der Waals surface area contributed by atoms with E-state index in [0.717, 1.165) is 12.8 Å². The highest BCUT2D eigenvalue weighted by Gasteiger charge is 2.34. The molecule has 0 aromatic heterocycles. The summed E-state index contributed by atoms with van der Waals surface area (Å²) >= 11 is 0. The Balaban J connectivity index is 3.02. The van der Waals surface area contributed by atoms with Gasteiger partial charge in [0.05, 0.1) is 14.2 Å². The molecule has 4 nitrogen and oxygen atoms in total. The van der Waals surface area contributed by atoms with Gasteiger partial charge in [0.1, 0.15) is 0 Å². The van der Waals surface area contributed by atoms with Crippen molar-refractivity contribution in [2.24, 2.45) is 0 Å². The predicted molar refractivity (Wildman–Crippen MR) is 67.3 cm³/mol. The van der Waals surface area contributed by atoms with E-state index in [1.165, 1.54) is 14.2 Å². The van der Waals surface area contributed by atoms with Gasteiger partial charge >= 0.3 is 0 Å². The zero-order valence-corrected chi connectivity index (χ0v) is 11.0. The topological polar surface area (TPSA) is 52.6 Å². The van der Waals surface area contributed by atoms with E-state index in [2.05, 4.69) is 6.92 Å². The van der Waals surface area contributed by atoms with Gasteiger partial charge in [-0.15, -0.1) is 0 Å². The zero-order chi connectivity index (χ0) is 13.7. The van der Waals surface area contributed by atoms with Crippen molar-refractivity contribution < 1.29 is 19.1 Å². The lowest BCUT2D eigenvalue weighted by atomic mass is 9.89. The molecule has 0 aromatic rings. The first kappa shape index (κ1) is 14.5. The Morgan fingerprint density at radius 1 is 1.11 bits per heavy atom. The molecule has 1 rings (SSSR count). The van der Waals surface area contributed by atoms with Gasteiger partial charge < -0.3 is 9.47 Å². The first-order chi connectivity index (χ1) is 8.58. The molecule has 0 saturated heterocycles. The van der Waals surface area contributed by atoms with Crippen molar-refractivity contribution in [3.05, 3.63) is 36.0 Å². The van der Waals surface area contributed by atoms with Crippen LogP contribution in [-0.4, -0.2) is 25.8 Å². The SMILES string of the molecule is [CH2][CH]CCCC1=C(C)C(=O)C(OC)=C(OC)C1=O. The number of ketones is 2. The third-order valence-electron chi connectivity index (χ3n) is 2.93. The van der Waals surface area contributed by atoms with E-state index in [1.54, 1.807) is 13.3 Å². The highest BCUT2D eigenvalue weighted by Crippen LogP contribution is 2.28. The Labute approximate surface area is 108 Å². The molecule has 0 unspecified atom stereocenters. The molecule has 0 atom stereocenters. The van der Waals surface area contributed by atoms with Crippen LogP contribution in [0.15, 0.2) is 22.7 Å². The molecular weight excluding hydrogens is 232 g/mol. The van der Waals surface area contributed by atoms with Crippen LogP contribution in [0.25, 0.3) is 0 Å². The standard InChI is InChI=1S/C14H18O4/c1-5-6-7-8-10-9(2)11(15)13(17-3)14(18-4)12(10)16/h5H,1,6-8H2,2-4H3. The Hall–Kier alpha value is -1.58. The van der Waals surface area contributed by atoms with E-state index < -0.39 is 0 Å². The number of hydrogen-bond donors (Lipinski definition) is 0. The smallest absolute Gasteiger partial charge is 0.228 e. The van der Waals surface area contributed by atoms with Gasteiger partial charge in [0, 0.05) is 11.1 Å². The quantitative estimate of drug-likeness (QED) is 0.535. The minimum atomic E-state index is -0.275. The number of hydrogen-bond acceptors (Lipinski definition) is 4. The summed E-state index contributed by atoms with van der Waals surface area (Å²) in [6.07, 6.45) is 3.93. The minimum absolute atomic E-state index is 0.00158.